The highest BCUT2D eigenvalue weighted by molar-refractivity contribution is 5.53. The van der Waals surface area contributed by atoms with Gasteiger partial charge < -0.3 is 15.3 Å². The Hall–Kier alpha value is -2.98. The van der Waals surface area contributed by atoms with Crippen LogP contribution in [0.15, 0.2) is 36.4 Å². The molecule has 0 spiro atoms. The number of hydrogen-bond donors (Lipinski definition) is 0. The van der Waals surface area contributed by atoms with Gasteiger partial charge in [0.2, 0.25) is 0 Å². The summed E-state index contributed by atoms with van der Waals surface area (Å²) in [7, 11) is 0. The van der Waals surface area contributed by atoms with Gasteiger partial charge >= 0.3 is 0 Å². The van der Waals surface area contributed by atoms with Crippen molar-refractivity contribution in [1.82, 2.24) is 4.90 Å². The lowest BCUT2D eigenvalue weighted by Crippen LogP contribution is -2.49. The van der Waals surface area contributed by atoms with Gasteiger partial charge in [-0.05, 0) is 251 Å². The summed E-state index contributed by atoms with van der Waals surface area (Å²) in [6.45, 7) is 22.0. The molecular weight excluding hydrogens is 819 g/mol. The molecule has 4 nitrogen and oxygen atoms in total. The molecule has 12 saturated carbocycles. The van der Waals surface area contributed by atoms with Crippen LogP contribution in [0.4, 0.5) is 0 Å². The molecule has 0 aromatic heterocycles. The Balaban J connectivity index is 0.999. The van der Waals surface area contributed by atoms with Gasteiger partial charge in [-0.1, -0.05) is 98.7 Å². The summed E-state index contributed by atoms with van der Waals surface area (Å²) in [6, 6.07) is 13.8. The normalized spacial score (nSPS) is 37.1. The molecule has 0 heterocycles. The molecule has 12 aliphatic rings. The summed E-state index contributed by atoms with van der Waals surface area (Å²) in [5.41, 5.74) is 9.11. The van der Waals surface area contributed by atoms with Crippen molar-refractivity contribution in [3.8, 4) is 17.2 Å². The first-order chi connectivity index (χ1) is 31.5. The minimum absolute atomic E-state index is 0.0291. The third-order valence-electron chi connectivity index (χ3n) is 21.1. The number of hydrogen-bond acceptors (Lipinski definition) is 4. The van der Waals surface area contributed by atoms with Crippen molar-refractivity contribution in [2.75, 3.05) is 0 Å². The van der Waals surface area contributed by atoms with E-state index >= 15 is 15.3 Å². The zero-order valence-corrected chi connectivity index (χ0v) is 43.2. The monoisotopic (exact) mass is 903 g/mol. The van der Waals surface area contributed by atoms with Crippen molar-refractivity contribution in [2.45, 2.75) is 230 Å². The predicted octanol–water partition coefficient (Wildman–Crippen LogP) is 13.4. The lowest BCUT2D eigenvalue weighted by Gasteiger charge is -2.58. The van der Waals surface area contributed by atoms with E-state index in [-0.39, 0.29) is 49.7 Å². The van der Waals surface area contributed by atoms with Crippen molar-refractivity contribution in [3.63, 3.8) is 0 Å². The van der Waals surface area contributed by atoms with E-state index in [1.54, 1.807) is 0 Å². The molecule has 12 aliphatic carbocycles. The van der Waals surface area contributed by atoms with Crippen LogP contribution in [0.1, 0.15) is 228 Å². The molecule has 15 rings (SSSR count). The third kappa shape index (κ3) is 7.75. The van der Waals surface area contributed by atoms with Crippen LogP contribution in [-0.2, 0) is 52.1 Å². The summed E-state index contributed by atoms with van der Waals surface area (Å²) < 4.78 is 0. The fourth-order valence-corrected chi connectivity index (χ4v) is 19.1. The minimum Gasteiger partial charge on any atom is -0.872 e. The van der Waals surface area contributed by atoms with Crippen molar-refractivity contribution < 1.29 is 15.3 Å². The molecule has 0 atom stereocenters. The quantitative estimate of drug-likeness (QED) is 0.214. The second-order valence-electron chi connectivity index (χ2n) is 29.5. The summed E-state index contributed by atoms with van der Waals surface area (Å²) in [4.78, 5) is 2.39. The van der Waals surface area contributed by atoms with Gasteiger partial charge in [0.15, 0.2) is 0 Å². The summed E-state index contributed by atoms with van der Waals surface area (Å²) >= 11 is 0. The second kappa shape index (κ2) is 15.3. The van der Waals surface area contributed by atoms with Crippen LogP contribution < -0.4 is 15.3 Å². The first-order valence-corrected chi connectivity index (χ1v) is 27.8. The van der Waals surface area contributed by atoms with Crippen LogP contribution in [-0.4, -0.2) is 4.90 Å². The van der Waals surface area contributed by atoms with Crippen LogP contribution in [0.5, 0.6) is 17.2 Å². The minimum atomic E-state index is -0.129. The molecule has 67 heavy (non-hydrogen) atoms. The summed E-state index contributed by atoms with van der Waals surface area (Å²) in [5.74, 6) is 7.39. The van der Waals surface area contributed by atoms with Gasteiger partial charge in [-0.15, -0.1) is 17.2 Å². The fraction of sp³-hybridized carbons (Fsp3) is 0.714. The van der Waals surface area contributed by atoms with E-state index in [9.17, 15) is 0 Å². The molecule has 3 aromatic rings. The summed E-state index contributed by atoms with van der Waals surface area (Å²) in [5, 5.41) is 46.8. The largest absolute Gasteiger partial charge is 0.872 e. The van der Waals surface area contributed by atoms with E-state index in [0.717, 1.165) is 144 Å². The number of nitrogens with zero attached hydrogens (tertiary/aromatic N) is 1. The predicted molar refractivity (Wildman–Crippen MR) is 266 cm³/mol. The van der Waals surface area contributed by atoms with Crippen LogP contribution in [0.2, 0.25) is 0 Å². The lowest BCUT2D eigenvalue weighted by atomic mass is 9.47. The Labute approximate surface area is 405 Å². The molecule has 0 unspecified atom stereocenters. The van der Waals surface area contributed by atoms with Crippen LogP contribution in [0.25, 0.3) is 0 Å². The van der Waals surface area contributed by atoms with Gasteiger partial charge in [-0.3, -0.25) is 4.90 Å². The zero-order valence-electron chi connectivity index (χ0n) is 43.2. The molecule has 12 bridgehead atoms. The molecule has 3 aromatic carbocycles. The van der Waals surface area contributed by atoms with Gasteiger partial charge in [0.1, 0.15) is 0 Å². The SMILES string of the molecule is CC(C)(C)c1cc(CN(Cc2cc(C(C)(C)C)cc(C34CC5CC(CC(C5)C3)C4)c2[O-])Cc2cc(C(C)(C)C)cc(C34CC5CC(CC(C5)C3)C4)c2[O-])c([O-])c(C23CC4CC(CC(C4)C2)C3)c1. The zero-order chi connectivity index (χ0) is 46.8. The van der Waals surface area contributed by atoms with Crippen LogP contribution >= 0.6 is 0 Å². The van der Waals surface area contributed by atoms with Gasteiger partial charge in [0.05, 0.1) is 0 Å². The van der Waals surface area contributed by atoms with Gasteiger partial charge in [-0.25, -0.2) is 0 Å². The van der Waals surface area contributed by atoms with E-state index in [1.807, 2.05) is 0 Å². The molecule has 0 radical (unpaired) electrons. The second-order valence-corrected chi connectivity index (χ2v) is 29.5. The number of benzene rings is 3. The Morgan fingerprint density at radius 1 is 0.358 bits per heavy atom. The van der Waals surface area contributed by atoms with E-state index < -0.39 is 0 Å². The molecule has 4 heteroatoms. The Kier molecular flexibility index (Phi) is 10.3. The van der Waals surface area contributed by atoms with Crippen molar-refractivity contribution in [2.24, 2.45) is 53.3 Å². The molecule has 362 valence electrons. The highest BCUT2D eigenvalue weighted by atomic mass is 16.3. The first-order valence-electron chi connectivity index (χ1n) is 27.8. The highest BCUT2D eigenvalue weighted by Crippen LogP contribution is 2.65. The fourth-order valence-electron chi connectivity index (χ4n) is 19.1. The first kappa shape index (κ1) is 45.2. The topological polar surface area (TPSA) is 72.4 Å². The molecule has 0 amide bonds. The van der Waals surface area contributed by atoms with Crippen LogP contribution in [0, 0.1) is 53.3 Å². The van der Waals surface area contributed by atoms with E-state index in [4.69, 9.17) is 0 Å². The van der Waals surface area contributed by atoms with E-state index in [0.29, 0.717) is 19.6 Å². The maximum Gasteiger partial charge on any atom is 0.0234 e. The molecule has 0 aliphatic heterocycles. The summed E-state index contributed by atoms with van der Waals surface area (Å²) in [6.07, 6.45) is 22.5. The lowest BCUT2D eigenvalue weighted by molar-refractivity contribution is -0.272. The van der Waals surface area contributed by atoms with Gasteiger partial charge in [-0.2, -0.15) is 0 Å². The van der Waals surface area contributed by atoms with Gasteiger partial charge in [0, 0.05) is 19.6 Å². The molecule has 0 saturated heterocycles. The Morgan fingerprint density at radius 3 is 0.731 bits per heavy atom. The maximum atomic E-state index is 15.6. The Morgan fingerprint density at radius 2 is 0.552 bits per heavy atom. The van der Waals surface area contributed by atoms with Crippen molar-refractivity contribution in [3.05, 3.63) is 86.5 Å². The maximum absolute atomic E-state index is 15.6. The van der Waals surface area contributed by atoms with Crippen molar-refractivity contribution >= 4 is 0 Å². The van der Waals surface area contributed by atoms with E-state index in [1.165, 1.54) is 74.5 Å². The average Bonchev–Trinajstić information content (AvgIpc) is 3.20. The smallest absolute Gasteiger partial charge is 0.0234 e. The third-order valence-corrected chi connectivity index (χ3v) is 21.1. The molecule has 12 fully saturated rings. The van der Waals surface area contributed by atoms with Crippen molar-refractivity contribution in [1.29, 1.82) is 0 Å². The Bertz CT molecular complexity index is 2070. The average molecular weight is 903 g/mol. The highest BCUT2D eigenvalue weighted by Gasteiger charge is 2.55. The molecule has 0 N–H and O–H groups in total. The van der Waals surface area contributed by atoms with Gasteiger partial charge in [0.25, 0.3) is 0 Å². The molecular formula is C63H84NO3-3. The van der Waals surface area contributed by atoms with Crippen LogP contribution in [0.3, 0.4) is 0 Å². The standard InChI is InChI=1S/C63H87NO3/c1-58(2,3)49-19-46(55(65)52(22-49)61-25-37-10-38(26-61)12-39(11-37)27-61)34-64(35-47-20-50(59(4,5)6)23-53(56(47)66)62-28-40-13-41(29-62)15-42(14-40)30-62)36-48-21-51(60(7,8)9)24-54(57(48)67)63-31-43-16-44(32-63)18-45(17-43)33-63/h19-24,37-45,65-67H,10-18,25-36H2,1-9H3/p-3. The number of rotatable bonds is 9. The van der Waals surface area contributed by atoms with E-state index in [2.05, 4.69) is 104 Å².